The molecule has 0 fully saturated rings. The van der Waals surface area contributed by atoms with E-state index in [1.165, 1.54) is 4.90 Å². The lowest BCUT2D eigenvalue weighted by atomic mass is 10.1. The summed E-state index contributed by atoms with van der Waals surface area (Å²) in [6.45, 7) is 2.59. The van der Waals surface area contributed by atoms with Crippen molar-refractivity contribution in [2.75, 3.05) is 11.9 Å². The number of halogens is 1. The molecule has 3 nitrogen and oxygen atoms in total. The highest BCUT2D eigenvalue weighted by atomic mass is 79.9. The third kappa shape index (κ3) is 2.48. The first-order valence-corrected chi connectivity index (χ1v) is 7.28. The number of benzene rings is 1. The molecule has 0 bridgehead atoms. The van der Waals surface area contributed by atoms with Crippen LogP contribution in [-0.4, -0.2) is 28.6 Å². The lowest BCUT2D eigenvalue weighted by molar-refractivity contribution is 0.0630. The molecule has 96 valence electrons. The van der Waals surface area contributed by atoms with E-state index in [-0.39, 0.29) is 11.8 Å². The fourth-order valence-corrected chi connectivity index (χ4v) is 2.56. The van der Waals surface area contributed by atoms with E-state index in [0.29, 0.717) is 23.6 Å². The Morgan fingerprint density at radius 2 is 1.72 bits per heavy atom. The van der Waals surface area contributed by atoms with Gasteiger partial charge in [0, 0.05) is 11.9 Å². The molecule has 18 heavy (non-hydrogen) atoms. The van der Waals surface area contributed by atoms with Gasteiger partial charge in [0.1, 0.15) is 0 Å². The van der Waals surface area contributed by atoms with Crippen LogP contribution < -0.4 is 0 Å². The normalized spacial score (nSPS) is 16.0. The number of alkyl halides is 1. The molecule has 1 aliphatic rings. The van der Waals surface area contributed by atoms with Gasteiger partial charge in [-0.25, -0.2) is 0 Å². The molecule has 1 aliphatic heterocycles. The summed E-state index contributed by atoms with van der Waals surface area (Å²) in [6, 6.07) is 7.03. The second-order valence-electron chi connectivity index (χ2n) is 4.70. The van der Waals surface area contributed by atoms with Crippen LogP contribution in [0.4, 0.5) is 0 Å². The molecule has 1 unspecified atom stereocenters. The van der Waals surface area contributed by atoms with Crippen LogP contribution in [0.25, 0.3) is 0 Å². The molecule has 0 aliphatic carbocycles. The maximum atomic E-state index is 12.1. The van der Waals surface area contributed by atoms with Crippen LogP contribution >= 0.6 is 15.9 Å². The zero-order chi connectivity index (χ0) is 13.1. The van der Waals surface area contributed by atoms with Crippen LogP contribution in [0.1, 0.15) is 40.5 Å². The van der Waals surface area contributed by atoms with E-state index in [1.54, 1.807) is 24.3 Å². The predicted octanol–water partition coefficient (Wildman–Crippen LogP) is 3.09. The standard InChI is InChI=1S/C14H16BrNO2/c1-10(5-4-8-15)9-16-13(17)11-6-2-3-7-12(11)14(16)18/h2-3,6-7,10H,4-5,8-9H2,1H3. The molecule has 4 heteroatoms. The van der Waals surface area contributed by atoms with Crippen molar-refractivity contribution in [3.63, 3.8) is 0 Å². The van der Waals surface area contributed by atoms with Gasteiger partial charge in [0.05, 0.1) is 11.1 Å². The van der Waals surface area contributed by atoms with Crippen molar-refractivity contribution in [3.8, 4) is 0 Å². The minimum atomic E-state index is -0.152. The molecule has 1 aromatic carbocycles. The number of carbonyl (C=O) groups is 2. The van der Waals surface area contributed by atoms with Gasteiger partial charge in [-0.15, -0.1) is 0 Å². The predicted molar refractivity (Wildman–Crippen MR) is 74.0 cm³/mol. The summed E-state index contributed by atoms with van der Waals surface area (Å²) in [5.74, 6) is 0.0346. The van der Waals surface area contributed by atoms with Crippen molar-refractivity contribution in [1.82, 2.24) is 4.90 Å². The molecule has 2 rings (SSSR count). The highest BCUT2D eigenvalue weighted by Gasteiger charge is 2.35. The molecule has 0 radical (unpaired) electrons. The lowest BCUT2D eigenvalue weighted by Gasteiger charge is -2.18. The average molecular weight is 310 g/mol. The Balaban J connectivity index is 2.09. The third-order valence-corrected chi connectivity index (χ3v) is 3.76. The molecule has 0 N–H and O–H groups in total. The maximum absolute atomic E-state index is 12.1. The highest BCUT2D eigenvalue weighted by molar-refractivity contribution is 9.09. The summed E-state index contributed by atoms with van der Waals surface area (Å²) in [5.41, 5.74) is 1.07. The topological polar surface area (TPSA) is 37.4 Å². The maximum Gasteiger partial charge on any atom is 0.261 e. The van der Waals surface area contributed by atoms with Crippen LogP contribution in [0.2, 0.25) is 0 Å². The number of fused-ring (bicyclic) bond motifs is 1. The number of carbonyl (C=O) groups excluding carboxylic acids is 2. The van der Waals surface area contributed by atoms with Crippen molar-refractivity contribution in [2.24, 2.45) is 5.92 Å². The Bertz CT molecular complexity index is 438. The number of rotatable bonds is 5. The molecule has 1 atom stereocenters. The largest absolute Gasteiger partial charge is 0.274 e. The Kier molecular flexibility index (Phi) is 4.17. The molecule has 0 aromatic heterocycles. The SMILES string of the molecule is CC(CCCBr)CN1C(=O)c2ccccc2C1=O. The van der Waals surface area contributed by atoms with Gasteiger partial charge in [0.25, 0.3) is 11.8 Å². The van der Waals surface area contributed by atoms with E-state index in [4.69, 9.17) is 0 Å². The monoisotopic (exact) mass is 309 g/mol. The van der Waals surface area contributed by atoms with Gasteiger partial charge < -0.3 is 0 Å². The highest BCUT2D eigenvalue weighted by Crippen LogP contribution is 2.24. The smallest absolute Gasteiger partial charge is 0.261 e. The molecular weight excluding hydrogens is 294 g/mol. The Morgan fingerprint density at radius 1 is 1.17 bits per heavy atom. The summed E-state index contributed by atoms with van der Waals surface area (Å²) in [5, 5.41) is 0.958. The van der Waals surface area contributed by atoms with Crippen molar-refractivity contribution >= 4 is 27.7 Å². The van der Waals surface area contributed by atoms with Gasteiger partial charge in [-0.2, -0.15) is 0 Å². The molecule has 2 amide bonds. The number of nitrogens with zero attached hydrogens (tertiary/aromatic N) is 1. The van der Waals surface area contributed by atoms with Gasteiger partial charge in [0.2, 0.25) is 0 Å². The second-order valence-corrected chi connectivity index (χ2v) is 5.50. The number of imide groups is 1. The van der Waals surface area contributed by atoms with E-state index in [2.05, 4.69) is 22.9 Å². The first kappa shape index (κ1) is 13.3. The van der Waals surface area contributed by atoms with Gasteiger partial charge in [0.15, 0.2) is 0 Å². The first-order valence-electron chi connectivity index (χ1n) is 6.16. The summed E-state index contributed by atoms with van der Waals surface area (Å²) in [7, 11) is 0. The fourth-order valence-electron chi connectivity index (χ4n) is 2.23. The Morgan fingerprint density at radius 3 is 2.22 bits per heavy atom. The number of hydrogen-bond donors (Lipinski definition) is 0. The van der Waals surface area contributed by atoms with Crippen molar-refractivity contribution < 1.29 is 9.59 Å². The summed E-state index contributed by atoms with van der Waals surface area (Å²) >= 11 is 3.39. The van der Waals surface area contributed by atoms with Gasteiger partial charge in [-0.1, -0.05) is 35.0 Å². The minimum Gasteiger partial charge on any atom is -0.274 e. The van der Waals surface area contributed by atoms with E-state index < -0.39 is 0 Å². The minimum absolute atomic E-state index is 0.152. The van der Waals surface area contributed by atoms with Crippen molar-refractivity contribution in [2.45, 2.75) is 19.8 Å². The fraction of sp³-hybridized carbons (Fsp3) is 0.429. The van der Waals surface area contributed by atoms with E-state index in [0.717, 1.165) is 18.2 Å². The molecule has 0 saturated heterocycles. The second kappa shape index (κ2) is 5.65. The third-order valence-electron chi connectivity index (χ3n) is 3.20. The molecule has 1 heterocycles. The summed E-state index contributed by atoms with van der Waals surface area (Å²) in [6.07, 6.45) is 2.07. The van der Waals surface area contributed by atoms with Crippen LogP contribution in [0.3, 0.4) is 0 Å². The average Bonchev–Trinajstić information content (AvgIpc) is 2.62. The van der Waals surface area contributed by atoms with Gasteiger partial charge >= 0.3 is 0 Å². The lowest BCUT2D eigenvalue weighted by Crippen LogP contribution is -2.33. The van der Waals surface area contributed by atoms with Crippen molar-refractivity contribution in [3.05, 3.63) is 35.4 Å². The van der Waals surface area contributed by atoms with E-state index in [1.807, 2.05) is 0 Å². The summed E-state index contributed by atoms with van der Waals surface area (Å²) < 4.78 is 0. The Labute approximate surface area is 115 Å². The molecule has 0 spiro atoms. The number of hydrogen-bond acceptors (Lipinski definition) is 2. The molecular formula is C14H16BrNO2. The quantitative estimate of drug-likeness (QED) is 0.619. The Hall–Kier alpha value is -1.16. The zero-order valence-corrected chi connectivity index (χ0v) is 11.9. The molecule has 1 aromatic rings. The van der Waals surface area contributed by atoms with Gasteiger partial charge in [-0.3, -0.25) is 14.5 Å². The first-order chi connectivity index (χ1) is 8.65. The van der Waals surface area contributed by atoms with Crippen molar-refractivity contribution in [1.29, 1.82) is 0 Å². The number of amides is 2. The molecule has 0 saturated carbocycles. The van der Waals surface area contributed by atoms with Crippen LogP contribution in [0.5, 0.6) is 0 Å². The summed E-state index contributed by atoms with van der Waals surface area (Å²) in [4.78, 5) is 25.6. The van der Waals surface area contributed by atoms with Gasteiger partial charge in [-0.05, 0) is 30.9 Å². The van der Waals surface area contributed by atoms with Crippen LogP contribution in [0.15, 0.2) is 24.3 Å². The van der Waals surface area contributed by atoms with Crippen LogP contribution in [0, 0.1) is 5.92 Å². The van der Waals surface area contributed by atoms with Crippen LogP contribution in [-0.2, 0) is 0 Å². The van der Waals surface area contributed by atoms with E-state index in [9.17, 15) is 9.59 Å². The van der Waals surface area contributed by atoms with E-state index >= 15 is 0 Å². The zero-order valence-electron chi connectivity index (χ0n) is 10.4.